The fourth-order valence-electron chi connectivity index (χ4n) is 1.62. The summed E-state index contributed by atoms with van der Waals surface area (Å²) in [7, 11) is 0. The highest BCUT2D eigenvalue weighted by molar-refractivity contribution is 5.93. The fourth-order valence-corrected chi connectivity index (χ4v) is 1.62. The maximum absolute atomic E-state index is 5.37. The van der Waals surface area contributed by atoms with Gasteiger partial charge < -0.3 is 0 Å². The van der Waals surface area contributed by atoms with E-state index in [1.807, 2.05) is 24.3 Å². The lowest BCUT2D eigenvalue weighted by Crippen LogP contribution is -2.13. The van der Waals surface area contributed by atoms with Crippen molar-refractivity contribution in [3.05, 3.63) is 30.5 Å². The van der Waals surface area contributed by atoms with Gasteiger partial charge in [-0.05, 0) is 6.07 Å². The summed E-state index contributed by atoms with van der Waals surface area (Å²) in [5.41, 5.74) is 4.24. The number of para-hydroxylation sites is 1. The van der Waals surface area contributed by atoms with Gasteiger partial charge in [0.25, 0.3) is 0 Å². The molecule has 6 nitrogen and oxygen atoms in total. The van der Waals surface area contributed by atoms with Crippen LogP contribution in [-0.4, -0.2) is 19.8 Å². The maximum Gasteiger partial charge on any atom is 0.240 e. The standard InChI is InChI=1S/C9H8N6/c10-13-9-12-7-4-2-1-3-6(7)8-5-11-14-15(8)9/h1-5H,10H2,(H,12,13). The number of hydrogen-bond donors (Lipinski definition) is 2. The second-order valence-corrected chi connectivity index (χ2v) is 3.13. The van der Waals surface area contributed by atoms with Crippen LogP contribution in [0.5, 0.6) is 0 Å². The zero-order valence-corrected chi connectivity index (χ0v) is 7.75. The molecule has 0 spiro atoms. The van der Waals surface area contributed by atoms with Crippen LogP contribution in [0.4, 0.5) is 5.95 Å². The number of nitrogens with one attached hydrogen (secondary N) is 1. The Kier molecular flexibility index (Phi) is 1.57. The van der Waals surface area contributed by atoms with Crippen LogP contribution >= 0.6 is 0 Å². The van der Waals surface area contributed by atoms with E-state index in [1.54, 1.807) is 10.7 Å². The number of nitrogens with zero attached hydrogens (tertiary/aromatic N) is 4. The average Bonchev–Trinajstić information content (AvgIpc) is 2.77. The van der Waals surface area contributed by atoms with E-state index >= 15 is 0 Å². The van der Waals surface area contributed by atoms with E-state index < -0.39 is 0 Å². The van der Waals surface area contributed by atoms with Gasteiger partial charge in [0.05, 0.1) is 17.2 Å². The van der Waals surface area contributed by atoms with Gasteiger partial charge in [0, 0.05) is 5.39 Å². The van der Waals surface area contributed by atoms with E-state index in [9.17, 15) is 0 Å². The van der Waals surface area contributed by atoms with Gasteiger partial charge in [0.15, 0.2) is 0 Å². The van der Waals surface area contributed by atoms with E-state index in [1.165, 1.54) is 0 Å². The lowest BCUT2D eigenvalue weighted by atomic mass is 10.2. The summed E-state index contributed by atoms with van der Waals surface area (Å²) in [5, 5.41) is 8.74. The summed E-state index contributed by atoms with van der Waals surface area (Å²) in [6.45, 7) is 0. The van der Waals surface area contributed by atoms with E-state index in [-0.39, 0.29) is 0 Å². The van der Waals surface area contributed by atoms with Crippen LogP contribution in [-0.2, 0) is 0 Å². The van der Waals surface area contributed by atoms with Crippen molar-refractivity contribution in [3.63, 3.8) is 0 Å². The van der Waals surface area contributed by atoms with Crippen molar-refractivity contribution in [2.45, 2.75) is 0 Å². The van der Waals surface area contributed by atoms with Gasteiger partial charge in [0.2, 0.25) is 5.95 Å². The first-order valence-electron chi connectivity index (χ1n) is 4.46. The number of benzene rings is 1. The van der Waals surface area contributed by atoms with Gasteiger partial charge >= 0.3 is 0 Å². The minimum absolute atomic E-state index is 0.473. The number of aromatic nitrogens is 4. The minimum atomic E-state index is 0.473. The number of fused-ring (bicyclic) bond motifs is 3. The Balaban J connectivity index is 2.57. The van der Waals surface area contributed by atoms with E-state index in [4.69, 9.17) is 5.84 Å². The molecule has 15 heavy (non-hydrogen) atoms. The van der Waals surface area contributed by atoms with Crippen molar-refractivity contribution >= 4 is 22.4 Å². The summed E-state index contributed by atoms with van der Waals surface area (Å²) < 4.78 is 1.57. The van der Waals surface area contributed by atoms with Crippen LogP contribution in [0, 0.1) is 0 Å². The Labute approximate surface area is 84.7 Å². The largest absolute Gasteiger partial charge is 0.292 e. The van der Waals surface area contributed by atoms with Crippen LogP contribution in [0.25, 0.3) is 16.4 Å². The summed E-state index contributed by atoms with van der Waals surface area (Å²) in [5.74, 6) is 5.84. The molecule has 0 aliphatic carbocycles. The third-order valence-electron chi connectivity index (χ3n) is 2.29. The van der Waals surface area contributed by atoms with Crippen LogP contribution in [0.1, 0.15) is 0 Å². The molecule has 0 amide bonds. The molecule has 0 aliphatic rings. The third kappa shape index (κ3) is 1.05. The summed E-state index contributed by atoms with van der Waals surface area (Å²) >= 11 is 0. The van der Waals surface area contributed by atoms with Crippen LogP contribution < -0.4 is 11.3 Å². The molecule has 3 rings (SSSR count). The van der Waals surface area contributed by atoms with Gasteiger partial charge in [-0.2, -0.15) is 4.52 Å². The molecule has 0 unspecified atom stereocenters. The average molecular weight is 200 g/mol. The topological polar surface area (TPSA) is 81.1 Å². The summed E-state index contributed by atoms with van der Waals surface area (Å²) in [6.07, 6.45) is 1.69. The molecule has 0 fully saturated rings. The van der Waals surface area contributed by atoms with Crippen molar-refractivity contribution in [1.82, 2.24) is 19.8 Å². The lowest BCUT2D eigenvalue weighted by molar-refractivity contribution is 0.842. The Morgan fingerprint density at radius 1 is 1.27 bits per heavy atom. The van der Waals surface area contributed by atoms with Gasteiger partial charge in [-0.25, -0.2) is 10.8 Å². The second-order valence-electron chi connectivity index (χ2n) is 3.13. The fraction of sp³-hybridized carbons (Fsp3) is 0. The number of rotatable bonds is 1. The first-order chi connectivity index (χ1) is 7.40. The van der Waals surface area contributed by atoms with E-state index in [2.05, 4.69) is 20.7 Å². The third-order valence-corrected chi connectivity index (χ3v) is 2.29. The zero-order valence-electron chi connectivity index (χ0n) is 7.75. The molecule has 3 N–H and O–H groups in total. The van der Waals surface area contributed by atoms with Gasteiger partial charge in [-0.3, -0.25) is 5.43 Å². The highest BCUT2D eigenvalue weighted by Crippen LogP contribution is 2.19. The Morgan fingerprint density at radius 3 is 3.00 bits per heavy atom. The minimum Gasteiger partial charge on any atom is -0.292 e. The highest BCUT2D eigenvalue weighted by Gasteiger charge is 2.07. The smallest absolute Gasteiger partial charge is 0.240 e. The first kappa shape index (κ1) is 8.13. The van der Waals surface area contributed by atoms with E-state index in [0.29, 0.717) is 5.95 Å². The molecule has 6 heteroatoms. The van der Waals surface area contributed by atoms with Crippen molar-refractivity contribution in [3.8, 4) is 0 Å². The molecule has 2 heterocycles. The predicted molar refractivity (Wildman–Crippen MR) is 56.1 cm³/mol. The SMILES string of the molecule is NNc1nc2ccccc2c2cnnn12. The Morgan fingerprint density at radius 2 is 2.13 bits per heavy atom. The molecule has 1 aromatic carbocycles. The number of hydrogen-bond acceptors (Lipinski definition) is 5. The molecule has 0 atom stereocenters. The molecular formula is C9H8N6. The normalized spacial score (nSPS) is 11.0. The Bertz CT molecular complexity index is 629. The summed E-state index contributed by atoms with van der Waals surface area (Å²) in [4.78, 5) is 4.32. The molecule has 0 aliphatic heterocycles. The summed E-state index contributed by atoms with van der Waals surface area (Å²) in [6, 6.07) is 7.77. The van der Waals surface area contributed by atoms with Crippen LogP contribution in [0.3, 0.4) is 0 Å². The molecule has 74 valence electrons. The highest BCUT2D eigenvalue weighted by atomic mass is 15.5. The predicted octanol–water partition coefficient (Wildman–Crippen LogP) is 0.563. The van der Waals surface area contributed by atoms with Gasteiger partial charge in [-0.1, -0.05) is 23.4 Å². The number of nitrogens with two attached hydrogens (primary N) is 1. The van der Waals surface area contributed by atoms with Crippen molar-refractivity contribution in [1.29, 1.82) is 0 Å². The van der Waals surface area contributed by atoms with Crippen LogP contribution in [0.2, 0.25) is 0 Å². The lowest BCUT2D eigenvalue weighted by Gasteiger charge is -2.04. The molecule has 2 aromatic heterocycles. The van der Waals surface area contributed by atoms with Crippen molar-refractivity contribution in [2.24, 2.45) is 5.84 Å². The number of anilines is 1. The maximum atomic E-state index is 5.37. The quantitative estimate of drug-likeness (QED) is 0.443. The van der Waals surface area contributed by atoms with Gasteiger partial charge in [0.1, 0.15) is 0 Å². The van der Waals surface area contributed by atoms with Crippen molar-refractivity contribution in [2.75, 3.05) is 5.43 Å². The van der Waals surface area contributed by atoms with Crippen molar-refractivity contribution < 1.29 is 0 Å². The molecule has 0 bridgehead atoms. The second kappa shape index (κ2) is 2.89. The molecule has 0 saturated carbocycles. The first-order valence-corrected chi connectivity index (χ1v) is 4.46. The van der Waals surface area contributed by atoms with Crippen LogP contribution in [0.15, 0.2) is 30.5 Å². The molecule has 0 saturated heterocycles. The van der Waals surface area contributed by atoms with Gasteiger partial charge in [-0.15, -0.1) is 5.10 Å². The molecule has 3 aromatic rings. The number of nitrogen functional groups attached to an aromatic ring is 1. The van der Waals surface area contributed by atoms with E-state index in [0.717, 1.165) is 16.4 Å². The molecule has 0 radical (unpaired) electrons. The number of hydrazine groups is 1. The molecular weight excluding hydrogens is 192 g/mol. The monoisotopic (exact) mass is 200 g/mol. The zero-order chi connectivity index (χ0) is 10.3. The Hall–Kier alpha value is -2.21.